The number of allylic oxidation sites excluding steroid dienone is 1. The first-order valence-electron chi connectivity index (χ1n) is 6.31. The molecule has 96 valence electrons. The predicted molar refractivity (Wildman–Crippen MR) is 70.9 cm³/mol. The second-order valence-electron chi connectivity index (χ2n) is 4.82. The highest BCUT2D eigenvalue weighted by Crippen LogP contribution is 2.11. The molecule has 0 atom stereocenters. The quantitative estimate of drug-likeness (QED) is 0.600. The van der Waals surface area contributed by atoms with Crippen molar-refractivity contribution in [2.24, 2.45) is 10.7 Å². The molecule has 4 nitrogen and oxygen atoms in total. The highest BCUT2D eigenvalue weighted by Gasteiger charge is 2.19. The number of hydrogen-bond acceptors (Lipinski definition) is 3. The summed E-state index contributed by atoms with van der Waals surface area (Å²) < 4.78 is 0. The zero-order chi connectivity index (χ0) is 12.8. The lowest BCUT2D eigenvalue weighted by atomic mass is 10.1. The van der Waals surface area contributed by atoms with E-state index < -0.39 is 0 Å². The molecule has 0 bridgehead atoms. The summed E-state index contributed by atoms with van der Waals surface area (Å²) in [7, 11) is 0. The number of nitrogens with zero attached hydrogens (tertiary/aromatic N) is 2. The van der Waals surface area contributed by atoms with Crippen molar-refractivity contribution < 1.29 is 4.79 Å². The second-order valence-corrected chi connectivity index (χ2v) is 4.82. The molecule has 1 rings (SSSR count). The van der Waals surface area contributed by atoms with Gasteiger partial charge in [-0.25, -0.2) is 0 Å². The molecule has 1 aliphatic rings. The van der Waals surface area contributed by atoms with Gasteiger partial charge in [-0.3, -0.25) is 9.79 Å². The average molecular weight is 237 g/mol. The van der Waals surface area contributed by atoms with E-state index in [0.29, 0.717) is 5.70 Å². The van der Waals surface area contributed by atoms with Crippen LogP contribution in [0.4, 0.5) is 0 Å². The van der Waals surface area contributed by atoms with Crippen LogP contribution in [-0.2, 0) is 4.79 Å². The Bertz CT molecular complexity index is 326. The van der Waals surface area contributed by atoms with Crippen LogP contribution in [-0.4, -0.2) is 36.2 Å². The summed E-state index contributed by atoms with van der Waals surface area (Å²) >= 11 is 0. The number of rotatable bonds is 3. The number of likely N-dealkylation sites (tertiary alicyclic amines) is 1. The summed E-state index contributed by atoms with van der Waals surface area (Å²) in [6.07, 6.45) is 5.07. The smallest absolute Gasteiger partial charge is 0.270 e. The lowest BCUT2D eigenvalue weighted by Crippen LogP contribution is -2.38. The van der Waals surface area contributed by atoms with Gasteiger partial charge in [0, 0.05) is 25.3 Å². The van der Waals surface area contributed by atoms with Crippen molar-refractivity contribution in [1.82, 2.24) is 4.90 Å². The Labute approximate surface area is 104 Å². The summed E-state index contributed by atoms with van der Waals surface area (Å²) in [6, 6.07) is 0.225. The highest BCUT2D eigenvalue weighted by atomic mass is 16.2. The summed E-state index contributed by atoms with van der Waals surface area (Å²) in [5, 5.41) is 0. The van der Waals surface area contributed by atoms with Crippen LogP contribution in [0, 0.1) is 0 Å². The second kappa shape index (κ2) is 6.42. The van der Waals surface area contributed by atoms with Gasteiger partial charge in [-0.2, -0.15) is 0 Å². The van der Waals surface area contributed by atoms with Gasteiger partial charge in [-0.15, -0.1) is 0 Å². The maximum Gasteiger partial charge on any atom is 0.270 e. The molecule has 1 heterocycles. The van der Waals surface area contributed by atoms with Crippen molar-refractivity contribution >= 4 is 12.1 Å². The third kappa shape index (κ3) is 4.21. The van der Waals surface area contributed by atoms with E-state index in [1.165, 1.54) is 6.42 Å². The fourth-order valence-corrected chi connectivity index (χ4v) is 1.77. The molecule has 17 heavy (non-hydrogen) atoms. The Morgan fingerprint density at radius 1 is 1.29 bits per heavy atom. The molecular weight excluding hydrogens is 214 g/mol. The van der Waals surface area contributed by atoms with Crippen molar-refractivity contribution in [3.05, 3.63) is 11.3 Å². The van der Waals surface area contributed by atoms with Gasteiger partial charge in [0.25, 0.3) is 5.91 Å². The molecule has 0 aromatic rings. The third-order valence-corrected chi connectivity index (χ3v) is 2.86. The fraction of sp³-hybridized carbons (Fsp3) is 0.692. The number of amides is 1. The van der Waals surface area contributed by atoms with Crippen LogP contribution >= 0.6 is 0 Å². The Morgan fingerprint density at radius 3 is 2.41 bits per heavy atom. The summed E-state index contributed by atoms with van der Waals surface area (Å²) in [6.45, 7) is 7.48. The number of piperidine rings is 1. The largest absolute Gasteiger partial charge is 0.394 e. The minimum absolute atomic E-state index is 0.0441. The van der Waals surface area contributed by atoms with Crippen LogP contribution in [0.25, 0.3) is 0 Å². The molecule has 0 saturated carbocycles. The molecule has 0 unspecified atom stereocenters. The maximum absolute atomic E-state index is 12.1. The molecule has 2 N–H and O–H groups in total. The minimum Gasteiger partial charge on any atom is -0.394 e. The predicted octanol–water partition coefficient (Wildman–Crippen LogP) is 1.71. The van der Waals surface area contributed by atoms with E-state index in [1.807, 2.05) is 25.7 Å². The van der Waals surface area contributed by atoms with E-state index in [2.05, 4.69) is 4.99 Å². The van der Waals surface area contributed by atoms with Gasteiger partial charge in [-0.1, -0.05) is 0 Å². The summed E-state index contributed by atoms with van der Waals surface area (Å²) in [5.41, 5.74) is 6.96. The summed E-state index contributed by atoms with van der Waals surface area (Å²) in [5.74, 6) is -0.0441. The van der Waals surface area contributed by atoms with Gasteiger partial charge in [0.2, 0.25) is 0 Å². The lowest BCUT2D eigenvalue weighted by molar-refractivity contribution is -0.128. The first kappa shape index (κ1) is 13.7. The van der Waals surface area contributed by atoms with Gasteiger partial charge >= 0.3 is 0 Å². The molecule has 0 radical (unpaired) electrons. The van der Waals surface area contributed by atoms with Crippen LogP contribution < -0.4 is 5.73 Å². The van der Waals surface area contributed by atoms with E-state index >= 15 is 0 Å². The van der Waals surface area contributed by atoms with Gasteiger partial charge in [0.15, 0.2) is 0 Å². The van der Waals surface area contributed by atoms with Gasteiger partial charge in [-0.05, 0) is 45.6 Å². The van der Waals surface area contributed by atoms with E-state index in [0.717, 1.165) is 31.5 Å². The van der Waals surface area contributed by atoms with E-state index in [1.54, 1.807) is 6.21 Å². The van der Waals surface area contributed by atoms with Crippen molar-refractivity contribution in [1.29, 1.82) is 0 Å². The zero-order valence-electron chi connectivity index (χ0n) is 11.1. The number of carbonyl (C=O) groups is 1. The number of nitrogens with two attached hydrogens (primary N) is 1. The van der Waals surface area contributed by atoms with E-state index in [4.69, 9.17) is 5.73 Å². The van der Waals surface area contributed by atoms with Gasteiger partial charge in [0.1, 0.15) is 5.70 Å². The standard InChI is InChI=1S/C13H23N3O/c1-10(2)15-9-11(3)12(14)13(17)16-7-5-4-6-8-16/h9-10H,4-8,14H2,1-3H3. The van der Waals surface area contributed by atoms with E-state index in [9.17, 15) is 4.79 Å². The molecule has 0 aromatic heterocycles. The van der Waals surface area contributed by atoms with E-state index in [-0.39, 0.29) is 11.9 Å². The first-order valence-corrected chi connectivity index (χ1v) is 6.31. The summed E-state index contributed by atoms with van der Waals surface area (Å²) in [4.78, 5) is 18.1. The van der Waals surface area contributed by atoms with Crippen LogP contribution in [0.5, 0.6) is 0 Å². The number of aliphatic imine (C=N–C) groups is 1. The van der Waals surface area contributed by atoms with Crippen LogP contribution in [0.15, 0.2) is 16.3 Å². The normalized spacial score (nSPS) is 18.7. The monoisotopic (exact) mass is 237 g/mol. The number of carbonyl (C=O) groups excluding carboxylic acids is 1. The molecular formula is C13H23N3O. The Balaban J connectivity index is 2.69. The molecule has 0 aliphatic carbocycles. The first-order chi connectivity index (χ1) is 8.02. The van der Waals surface area contributed by atoms with Crippen LogP contribution in [0.1, 0.15) is 40.0 Å². The van der Waals surface area contributed by atoms with Gasteiger partial charge < -0.3 is 10.6 Å². The van der Waals surface area contributed by atoms with Crippen molar-refractivity contribution in [3.8, 4) is 0 Å². The molecule has 1 aliphatic heterocycles. The molecule has 0 spiro atoms. The average Bonchev–Trinajstić information content (AvgIpc) is 2.35. The Morgan fingerprint density at radius 2 is 1.88 bits per heavy atom. The zero-order valence-corrected chi connectivity index (χ0v) is 11.1. The fourth-order valence-electron chi connectivity index (χ4n) is 1.77. The molecule has 0 aromatic carbocycles. The lowest BCUT2D eigenvalue weighted by Gasteiger charge is -2.27. The third-order valence-electron chi connectivity index (χ3n) is 2.86. The molecule has 4 heteroatoms. The Hall–Kier alpha value is -1.32. The maximum atomic E-state index is 12.1. The minimum atomic E-state index is -0.0441. The van der Waals surface area contributed by atoms with Gasteiger partial charge in [0.05, 0.1) is 0 Å². The highest BCUT2D eigenvalue weighted by molar-refractivity contribution is 5.98. The molecule has 1 fully saturated rings. The molecule has 1 amide bonds. The van der Waals surface area contributed by atoms with Crippen molar-refractivity contribution in [2.75, 3.05) is 13.1 Å². The molecule has 1 saturated heterocycles. The number of hydrogen-bond donors (Lipinski definition) is 1. The Kier molecular flexibility index (Phi) is 5.19. The van der Waals surface area contributed by atoms with Crippen LogP contribution in [0.3, 0.4) is 0 Å². The van der Waals surface area contributed by atoms with Crippen molar-refractivity contribution in [2.45, 2.75) is 46.1 Å². The van der Waals surface area contributed by atoms with Crippen molar-refractivity contribution in [3.63, 3.8) is 0 Å². The topological polar surface area (TPSA) is 58.7 Å². The SMILES string of the molecule is CC(C=NC(C)C)=C(N)C(=O)N1CCCCC1. The van der Waals surface area contributed by atoms with Crippen LogP contribution in [0.2, 0.25) is 0 Å².